The minimum Gasteiger partial charge on any atom is -0.478 e. The van der Waals surface area contributed by atoms with Crippen LogP contribution in [-0.4, -0.2) is 17.0 Å². The Morgan fingerprint density at radius 1 is 1.40 bits per heavy atom. The molecule has 0 spiro atoms. The molecule has 0 aliphatic heterocycles. The lowest BCUT2D eigenvalue weighted by molar-refractivity contribution is -0.119. The molecule has 4 heteroatoms. The van der Waals surface area contributed by atoms with Gasteiger partial charge in [-0.1, -0.05) is 18.2 Å². The van der Waals surface area contributed by atoms with Gasteiger partial charge < -0.3 is 10.4 Å². The summed E-state index contributed by atoms with van der Waals surface area (Å²) in [6.45, 7) is 3.38. The highest BCUT2D eigenvalue weighted by Gasteiger charge is 2.12. The molecule has 15 heavy (non-hydrogen) atoms. The Hall–Kier alpha value is -1.84. The van der Waals surface area contributed by atoms with Gasteiger partial charge in [0.1, 0.15) is 0 Å². The van der Waals surface area contributed by atoms with E-state index in [0.29, 0.717) is 11.1 Å². The van der Waals surface area contributed by atoms with Crippen LogP contribution in [0.25, 0.3) is 0 Å². The van der Waals surface area contributed by atoms with Crippen molar-refractivity contribution < 1.29 is 14.7 Å². The number of rotatable bonds is 3. The largest absolute Gasteiger partial charge is 0.478 e. The third kappa shape index (κ3) is 2.80. The van der Waals surface area contributed by atoms with Crippen molar-refractivity contribution >= 4 is 11.9 Å². The number of carboxylic acids is 1. The lowest BCUT2D eigenvalue weighted by Gasteiger charge is -2.08. The van der Waals surface area contributed by atoms with Gasteiger partial charge >= 0.3 is 5.97 Å². The van der Waals surface area contributed by atoms with Crippen molar-refractivity contribution in [2.75, 3.05) is 0 Å². The molecular formula is C11H13NO3. The maximum absolute atomic E-state index is 11.0. The summed E-state index contributed by atoms with van der Waals surface area (Å²) in [5, 5.41) is 11.6. The summed E-state index contributed by atoms with van der Waals surface area (Å²) in [4.78, 5) is 21.7. The highest BCUT2D eigenvalue weighted by atomic mass is 16.4. The van der Waals surface area contributed by atoms with E-state index in [9.17, 15) is 9.59 Å². The van der Waals surface area contributed by atoms with Crippen molar-refractivity contribution in [3.63, 3.8) is 0 Å². The van der Waals surface area contributed by atoms with Gasteiger partial charge in [-0.25, -0.2) is 4.79 Å². The van der Waals surface area contributed by atoms with Crippen LogP contribution in [0.15, 0.2) is 18.2 Å². The van der Waals surface area contributed by atoms with Gasteiger partial charge in [0.25, 0.3) is 0 Å². The van der Waals surface area contributed by atoms with Crippen LogP contribution < -0.4 is 5.32 Å². The van der Waals surface area contributed by atoms with Gasteiger partial charge in [0.2, 0.25) is 5.91 Å². The topological polar surface area (TPSA) is 66.4 Å². The fourth-order valence-corrected chi connectivity index (χ4v) is 1.40. The number of hydrogen-bond acceptors (Lipinski definition) is 2. The zero-order valence-corrected chi connectivity index (χ0v) is 8.70. The number of carbonyl (C=O) groups excluding carboxylic acids is 1. The highest BCUT2D eigenvalue weighted by molar-refractivity contribution is 5.91. The SMILES string of the molecule is CC(=O)NCc1cccc(C)c1C(=O)O. The number of carboxylic acid groups (broad SMARTS) is 1. The van der Waals surface area contributed by atoms with E-state index in [1.807, 2.05) is 0 Å². The van der Waals surface area contributed by atoms with Gasteiger partial charge in [-0.3, -0.25) is 4.79 Å². The first-order valence-corrected chi connectivity index (χ1v) is 4.58. The van der Waals surface area contributed by atoms with Crippen LogP contribution in [-0.2, 0) is 11.3 Å². The number of benzene rings is 1. The molecule has 1 rings (SSSR count). The third-order valence-corrected chi connectivity index (χ3v) is 2.10. The van der Waals surface area contributed by atoms with E-state index in [2.05, 4.69) is 5.32 Å². The first kappa shape index (κ1) is 11.2. The van der Waals surface area contributed by atoms with E-state index < -0.39 is 5.97 Å². The second kappa shape index (κ2) is 4.59. The van der Waals surface area contributed by atoms with Gasteiger partial charge in [0.05, 0.1) is 5.56 Å². The predicted octanol–water partition coefficient (Wildman–Crippen LogP) is 1.33. The van der Waals surface area contributed by atoms with E-state index in [-0.39, 0.29) is 18.0 Å². The molecule has 2 N–H and O–H groups in total. The van der Waals surface area contributed by atoms with Gasteiger partial charge in [-0.15, -0.1) is 0 Å². The molecule has 1 amide bonds. The first-order valence-electron chi connectivity index (χ1n) is 4.58. The van der Waals surface area contributed by atoms with Crippen LogP contribution in [0, 0.1) is 6.92 Å². The fourth-order valence-electron chi connectivity index (χ4n) is 1.40. The summed E-state index contributed by atoms with van der Waals surface area (Å²) in [5.41, 5.74) is 1.59. The average Bonchev–Trinajstić information content (AvgIpc) is 2.13. The van der Waals surface area contributed by atoms with Gasteiger partial charge in [-0.2, -0.15) is 0 Å². The van der Waals surface area contributed by atoms with Crippen LogP contribution in [0.3, 0.4) is 0 Å². The number of hydrogen-bond donors (Lipinski definition) is 2. The smallest absolute Gasteiger partial charge is 0.336 e. The molecule has 80 valence electrons. The molecule has 0 fully saturated rings. The molecule has 0 bridgehead atoms. The van der Waals surface area contributed by atoms with Crippen molar-refractivity contribution in [1.29, 1.82) is 0 Å². The molecule has 0 aliphatic rings. The van der Waals surface area contributed by atoms with Crippen molar-refractivity contribution in [2.24, 2.45) is 0 Å². The third-order valence-electron chi connectivity index (χ3n) is 2.10. The van der Waals surface area contributed by atoms with Crippen LogP contribution in [0.1, 0.15) is 28.4 Å². The van der Waals surface area contributed by atoms with Crippen LogP contribution in [0.5, 0.6) is 0 Å². The molecule has 0 saturated carbocycles. The highest BCUT2D eigenvalue weighted by Crippen LogP contribution is 2.13. The summed E-state index contributed by atoms with van der Waals surface area (Å²) in [6, 6.07) is 5.21. The summed E-state index contributed by atoms with van der Waals surface area (Å²) in [7, 11) is 0. The van der Waals surface area contributed by atoms with Crippen LogP contribution >= 0.6 is 0 Å². The van der Waals surface area contributed by atoms with Gasteiger partial charge in [0, 0.05) is 13.5 Å². The minimum atomic E-state index is -0.964. The van der Waals surface area contributed by atoms with E-state index in [1.165, 1.54) is 6.92 Å². The second-order valence-electron chi connectivity index (χ2n) is 3.32. The number of amides is 1. The van der Waals surface area contributed by atoms with Crippen molar-refractivity contribution in [1.82, 2.24) is 5.32 Å². The summed E-state index contributed by atoms with van der Waals surface area (Å²) >= 11 is 0. The van der Waals surface area contributed by atoms with Crippen molar-refractivity contribution in [2.45, 2.75) is 20.4 Å². The van der Waals surface area contributed by atoms with E-state index >= 15 is 0 Å². The van der Waals surface area contributed by atoms with Gasteiger partial charge in [-0.05, 0) is 18.1 Å². The zero-order valence-electron chi connectivity index (χ0n) is 8.70. The number of carbonyl (C=O) groups is 2. The molecular weight excluding hydrogens is 194 g/mol. The Kier molecular flexibility index (Phi) is 3.44. The summed E-state index contributed by atoms with van der Waals surface area (Å²) < 4.78 is 0. The minimum absolute atomic E-state index is 0.173. The number of aryl methyl sites for hydroxylation is 1. The Labute approximate surface area is 87.9 Å². The van der Waals surface area contributed by atoms with E-state index in [1.54, 1.807) is 25.1 Å². The number of nitrogens with one attached hydrogen (secondary N) is 1. The fraction of sp³-hybridized carbons (Fsp3) is 0.273. The zero-order chi connectivity index (χ0) is 11.4. The predicted molar refractivity (Wildman–Crippen MR) is 55.7 cm³/mol. The van der Waals surface area contributed by atoms with Crippen molar-refractivity contribution in [3.8, 4) is 0 Å². The molecule has 0 aromatic heterocycles. The molecule has 1 aromatic carbocycles. The second-order valence-corrected chi connectivity index (χ2v) is 3.32. The molecule has 1 aromatic rings. The molecule has 0 atom stereocenters. The lowest BCUT2D eigenvalue weighted by atomic mass is 10.0. The summed E-state index contributed by atoms with van der Waals surface area (Å²) in [5.74, 6) is -1.14. The quantitative estimate of drug-likeness (QED) is 0.785. The van der Waals surface area contributed by atoms with Crippen LogP contribution in [0.4, 0.5) is 0 Å². The Balaban J connectivity index is 3.01. The Bertz CT molecular complexity index is 399. The molecule has 4 nitrogen and oxygen atoms in total. The van der Waals surface area contributed by atoms with E-state index in [0.717, 1.165) is 0 Å². The van der Waals surface area contributed by atoms with Crippen LogP contribution in [0.2, 0.25) is 0 Å². The first-order chi connectivity index (χ1) is 7.02. The monoisotopic (exact) mass is 207 g/mol. The summed E-state index contributed by atoms with van der Waals surface area (Å²) in [6.07, 6.45) is 0. The molecule has 0 heterocycles. The lowest BCUT2D eigenvalue weighted by Crippen LogP contribution is -2.21. The standard InChI is InChI=1S/C11H13NO3/c1-7-4-3-5-9(6-12-8(2)13)10(7)11(14)15/h3-5H,6H2,1-2H3,(H,12,13)(H,14,15). The van der Waals surface area contributed by atoms with E-state index in [4.69, 9.17) is 5.11 Å². The normalized spacial score (nSPS) is 9.73. The maximum atomic E-state index is 11.0. The van der Waals surface area contributed by atoms with Crippen molar-refractivity contribution in [3.05, 3.63) is 34.9 Å². The molecule has 0 radical (unpaired) electrons. The molecule has 0 unspecified atom stereocenters. The average molecular weight is 207 g/mol. The van der Waals surface area contributed by atoms with Gasteiger partial charge in [0.15, 0.2) is 0 Å². The molecule has 0 saturated heterocycles. The Morgan fingerprint density at radius 2 is 2.07 bits per heavy atom. The number of aromatic carboxylic acids is 1. The Morgan fingerprint density at radius 3 is 2.60 bits per heavy atom. The maximum Gasteiger partial charge on any atom is 0.336 e. The molecule has 0 aliphatic carbocycles.